The molecule has 0 aliphatic carbocycles. The smallest absolute Gasteiger partial charge is 0.380 e. The van der Waals surface area contributed by atoms with Crippen LogP contribution in [0.25, 0.3) is 0 Å². The van der Waals surface area contributed by atoms with Gasteiger partial charge in [-0.25, -0.2) is 0 Å². The highest BCUT2D eigenvalue weighted by molar-refractivity contribution is 9.10. The van der Waals surface area contributed by atoms with Crippen molar-refractivity contribution in [2.45, 2.75) is 12.1 Å². The lowest BCUT2D eigenvalue weighted by Crippen LogP contribution is -2.25. The predicted molar refractivity (Wildman–Crippen MR) is 52.7 cm³/mol. The van der Waals surface area contributed by atoms with Crippen LogP contribution in [0.15, 0.2) is 22.7 Å². The Morgan fingerprint density at radius 3 is 2.40 bits per heavy atom. The molecule has 15 heavy (non-hydrogen) atoms. The molecule has 0 spiro atoms. The number of ether oxygens (including phenoxy) is 1. The van der Waals surface area contributed by atoms with Gasteiger partial charge in [-0.2, -0.15) is 13.2 Å². The summed E-state index contributed by atoms with van der Waals surface area (Å²) in [6.45, 7) is 1.03. The molecule has 0 saturated carbocycles. The highest BCUT2D eigenvalue weighted by atomic mass is 79.9. The molecule has 82 valence electrons. The van der Waals surface area contributed by atoms with Gasteiger partial charge in [0.25, 0.3) is 0 Å². The van der Waals surface area contributed by atoms with E-state index in [9.17, 15) is 13.2 Å². The summed E-state index contributed by atoms with van der Waals surface area (Å²) in [5.41, 5.74) is 0.0728. The minimum atomic E-state index is -4.31. The molecule has 1 nitrogen and oxygen atoms in total. The zero-order valence-electron chi connectivity index (χ0n) is 7.64. The number of halogens is 4. The second-order valence-corrected chi connectivity index (χ2v) is 4.33. The third-order valence-corrected chi connectivity index (χ3v) is 3.10. The molecule has 0 N–H and O–H groups in total. The summed E-state index contributed by atoms with van der Waals surface area (Å²) < 4.78 is 42.7. The lowest BCUT2D eigenvalue weighted by molar-refractivity contribution is -0.138. The summed E-state index contributed by atoms with van der Waals surface area (Å²) in [5.74, 6) is 0.110. The number of alkyl halides is 3. The molecule has 1 fully saturated rings. The molecule has 0 atom stereocenters. The fourth-order valence-corrected chi connectivity index (χ4v) is 1.91. The van der Waals surface area contributed by atoms with Crippen molar-refractivity contribution in [2.24, 2.45) is 0 Å². The largest absolute Gasteiger partial charge is 0.417 e. The van der Waals surface area contributed by atoms with Gasteiger partial charge in [0.2, 0.25) is 0 Å². The van der Waals surface area contributed by atoms with E-state index in [1.807, 2.05) is 0 Å². The molecule has 0 aromatic heterocycles. The Morgan fingerprint density at radius 2 is 1.93 bits per heavy atom. The maximum atomic E-state index is 12.6. The first-order valence-electron chi connectivity index (χ1n) is 4.43. The minimum Gasteiger partial charge on any atom is -0.380 e. The van der Waals surface area contributed by atoms with Crippen LogP contribution in [0.4, 0.5) is 13.2 Å². The lowest BCUT2D eigenvalue weighted by atomic mass is 9.96. The molecular weight excluding hydrogens is 273 g/mol. The molecule has 5 heteroatoms. The van der Waals surface area contributed by atoms with Gasteiger partial charge in [-0.05, 0) is 17.7 Å². The molecule has 2 rings (SSSR count). The normalized spacial score (nSPS) is 17.6. The first-order chi connectivity index (χ1) is 6.98. The molecular formula is C10H8BrF3O. The Bertz CT molecular complexity index is 371. The van der Waals surface area contributed by atoms with E-state index in [2.05, 4.69) is 15.9 Å². The first-order valence-corrected chi connectivity index (χ1v) is 5.22. The molecule has 1 aliphatic rings. The second-order valence-electron chi connectivity index (χ2n) is 3.47. The maximum Gasteiger partial charge on any atom is 0.417 e. The Morgan fingerprint density at radius 1 is 1.27 bits per heavy atom. The van der Waals surface area contributed by atoms with Crippen LogP contribution in [0.2, 0.25) is 0 Å². The van der Waals surface area contributed by atoms with Gasteiger partial charge in [0.15, 0.2) is 0 Å². The average Bonchev–Trinajstić information content (AvgIpc) is 2.03. The van der Waals surface area contributed by atoms with Crippen molar-refractivity contribution in [1.29, 1.82) is 0 Å². The second kappa shape index (κ2) is 3.79. The van der Waals surface area contributed by atoms with Crippen LogP contribution in [0, 0.1) is 0 Å². The van der Waals surface area contributed by atoms with E-state index >= 15 is 0 Å². The minimum absolute atomic E-state index is 0.0824. The predicted octanol–water partition coefficient (Wildman–Crippen LogP) is 3.58. The summed E-state index contributed by atoms with van der Waals surface area (Å²) in [6, 6.07) is 4.33. The highest BCUT2D eigenvalue weighted by Crippen LogP contribution is 2.37. The van der Waals surface area contributed by atoms with E-state index in [0.29, 0.717) is 18.8 Å². The van der Waals surface area contributed by atoms with Crippen molar-refractivity contribution in [3.05, 3.63) is 33.8 Å². The van der Waals surface area contributed by atoms with E-state index in [1.54, 1.807) is 6.07 Å². The summed E-state index contributed by atoms with van der Waals surface area (Å²) in [6.07, 6.45) is -4.31. The van der Waals surface area contributed by atoms with Crippen molar-refractivity contribution in [2.75, 3.05) is 13.2 Å². The van der Waals surface area contributed by atoms with Crippen LogP contribution in [-0.4, -0.2) is 13.2 Å². The van der Waals surface area contributed by atoms with E-state index in [4.69, 9.17) is 4.74 Å². The molecule has 0 amide bonds. The highest BCUT2D eigenvalue weighted by Gasteiger charge is 2.34. The summed E-state index contributed by atoms with van der Waals surface area (Å²) in [7, 11) is 0. The van der Waals surface area contributed by atoms with Gasteiger partial charge in [0.05, 0.1) is 18.8 Å². The Hall–Kier alpha value is -0.550. The van der Waals surface area contributed by atoms with Crippen molar-refractivity contribution in [3.63, 3.8) is 0 Å². The van der Waals surface area contributed by atoms with Gasteiger partial charge in [-0.15, -0.1) is 0 Å². The van der Waals surface area contributed by atoms with Crippen LogP contribution in [0.5, 0.6) is 0 Å². The van der Waals surface area contributed by atoms with Crippen molar-refractivity contribution in [1.82, 2.24) is 0 Å². The summed E-state index contributed by atoms with van der Waals surface area (Å²) in [4.78, 5) is 0. The summed E-state index contributed by atoms with van der Waals surface area (Å²) >= 11 is 2.90. The topological polar surface area (TPSA) is 9.23 Å². The fourth-order valence-electron chi connectivity index (χ4n) is 1.44. The number of hydrogen-bond donors (Lipinski definition) is 0. The molecule has 0 bridgehead atoms. The SMILES string of the molecule is FC(F)(F)c1cc(C2COC2)ccc1Br. The van der Waals surface area contributed by atoms with Crippen LogP contribution in [-0.2, 0) is 10.9 Å². The molecule has 1 aliphatic heterocycles. The van der Waals surface area contributed by atoms with E-state index < -0.39 is 11.7 Å². The first kappa shape index (κ1) is 11.0. The van der Waals surface area contributed by atoms with E-state index in [1.165, 1.54) is 12.1 Å². The average molecular weight is 281 g/mol. The molecule has 1 saturated heterocycles. The number of rotatable bonds is 1. The zero-order valence-corrected chi connectivity index (χ0v) is 9.23. The fraction of sp³-hybridized carbons (Fsp3) is 0.400. The van der Waals surface area contributed by atoms with E-state index in [-0.39, 0.29) is 10.4 Å². The third kappa shape index (κ3) is 2.18. The van der Waals surface area contributed by atoms with E-state index in [0.717, 1.165) is 0 Å². The molecule has 0 radical (unpaired) electrons. The number of benzene rings is 1. The monoisotopic (exact) mass is 280 g/mol. The Kier molecular flexibility index (Phi) is 2.77. The van der Waals surface area contributed by atoms with Gasteiger partial charge < -0.3 is 4.74 Å². The van der Waals surface area contributed by atoms with Crippen LogP contribution >= 0.6 is 15.9 Å². The molecule has 1 aromatic carbocycles. The molecule has 1 heterocycles. The van der Waals surface area contributed by atoms with Crippen LogP contribution in [0.3, 0.4) is 0 Å². The zero-order chi connectivity index (χ0) is 11.1. The standard InChI is InChI=1S/C10H8BrF3O/c11-9-2-1-6(7-4-15-5-7)3-8(9)10(12,13)14/h1-3,7H,4-5H2. The van der Waals surface area contributed by atoms with Gasteiger partial charge >= 0.3 is 6.18 Å². The lowest BCUT2D eigenvalue weighted by Gasteiger charge is -2.27. The maximum absolute atomic E-state index is 12.6. The van der Waals surface area contributed by atoms with Crippen molar-refractivity contribution >= 4 is 15.9 Å². The van der Waals surface area contributed by atoms with Crippen LogP contribution < -0.4 is 0 Å². The van der Waals surface area contributed by atoms with Crippen LogP contribution in [0.1, 0.15) is 17.0 Å². The quantitative estimate of drug-likeness (QED) is 0.764. The molecule has 0 unspecified atom stereocenters. The Balaban J connectivity index is 2.36. The molecule has 1 aromatic rings. The third-order valence-electron chi connectivity index (χ3n) is 2.41. The Labute approximate surface area is 93.4 Å². The number of hydrogen-bond acceptors (Lipinski definition) is 1. The summed E-state index contributed by atoms with van der Waals surface area (Å²) in [5, 5.41) is 0. The van der Waals surface area contributed by atoms with Gasteiger partial charge in [0, 0.05) is 10.4 Å². The van der Waals surface area contributed by atoms with Gasteiger partial charge in [-0.1, -0.05) is 22.0 Å². The van der Waals surface area contributed by atoms with Crippen molar-refractivity contribution in [3.8, 4) is 0 Å². The van der Waals surface area contributed by atoms with Crippen molar-refractivity contribution < 1.29 is 17.9 Å². The van der Waals surface area contributed by atoms with Gasteiger partial charge in [0.1, 0.15) is 0 Å². The van der Waals surface area contributed by atoms with Gasteiger partial charge in [-0.3, -0.25) is 0 Å².